The van der Waals surface area contributed by atoms with Gasteiger partial charge < -0.3 is 20.4 Å². The van der Waals surface area contributed by atoms with Crippen LogP contribution in [0.2, 0.25) is 0 Å². The van der Waals surface area contributed by atoms with Crippen molar-refractivity contribution in [1.29, 1.82) is 0 Å². The lowest BCUT2D eigenvalue weighted by molar-refractivity contribution is -0.121. The number of aliphatic imine (C=N–C) groups is 1. The van der Waals surface area contributed by atoms with Crippen LogP contribution in [0.4, 0.5) is 5.69 Å². The molecule has 0 unspecified atom stereocenters. The van der Waals surface area contributed by atoms with Crippen molar-refractivity contribution in [1.82, 2.24) is 15.5 Å². The number of guanidine groups is 1. The molecular formula is C22H34IN5O. The summed E-state index contributed by atoms with van der Waals surface area (Å²) in [6, 6.07) is 8.68. The number of hydrogen-bond acceptors (Lipinski definition) is 3. The average Bonchev–Trinajstić information content (AvgIpc) is 3.27. The third kappa shape index (κ3) is 6.90. The van der Waals surface area contributed by atoms with E-state index in [1.807, 2.05) is 0 Å². The number of rotatable bonds is 6. The van der Waals surface area contributed by atoms with E-state index in [-0.39, 0.29) is 29.9 Å². The standard InChI is InChI=1S/C22H33N5O.HI/c1-3-24-22(27-13-9-18(10-14-27)16-21(28)23-2)25-17-19-7-6-8-20(15-19)26-11-4-5-12-26;/h4-8,15,18H,3,9-14,16-17H2,1-2H3,(H,23,28)(H,24,25);1H. The molecule has 0 spiro atoms. The molecule has 1 amide bonds. The number of nitrogens with zero attached hydrogens (tertiary/aromatic N) is 3. The van der Waals surface area contributed by atoms with Crippen LogP contribution in [0, 0.1) is 5.92 Å². The Bertz CT molecular complexity index is 705. The number of halogens is 1. The summed E-state index contributed by atoms with van der Waals surface area (Å²) in [5.41, 5.74) is 2.49. The van der Waals surface area contributed by atoms with E-state index < -0.39 is 0 Å². The summed E-state index contributed by atoms with van der Waals surface area (Å²) in [5.74, 6) is 1.60. The molecule has 160 valence electrons. The van der Waals surface area contributed by atoms with Gasteiger partial charge in [0.05, 0.1) is 6.54 Å². The van der Waals surface area contributed by atoms with Crippen molar-refractivity contribution in [3.8, 4) is 0 Å². The minimum absolute atomic E-state index is 0. The van der Waals surface area contributed by atoms with Crippen molar-refractivity contribution in [2.75, 3.05) is 44.7 Å². The van der Waals surface area contributed by atoms with Crippen LogP contribution in [0.1, 0.15) is 31.7 Å². The van der Waals surface area contributed by atoms with Crippen LogP contribution in [0.3, 0.4) is 0 Å². The number of amides is 1. The Morgan fingerprint density at radius 2 is 1.93 bits per heavy atom. The summed E-state index contributed by atoms with van der Waals surface area (Å²) in [5, 5.41) is 6.17. The van der Waals surface area contributed by atoms with E-state index in [9.17, 15) is 4.79 Å². The number of nitrogens with one attached hydrogen (secondary N) is 2. The van der Waals surface area contributed by atoms with Gasteiger partial charge in [-0.05, 0) is 43.4 Å². The smallest absolute Gasteiger partial charge is 0.220 e. The maximum absolute atomic E-state index is 11.6. The monoisotopic (exact) mass is 511 g/mol. The molecule has 2 heterocycles. The van der Waals surface area contributed by atoms with Gasteiger partial charge in [0.25, 0.3) is 0 Å². The molecule has 0 aliphatic carbocycles. The van der Waals surface area contributed by atoms with Gasteiger partial charge in [0.1, 0.15) is 0 Å². The minimum Gasteiger partial charge on any atom is -0.364 e. The highest BCUT2D eigenvalue weighted by Crippen LogP contribution is 2.21. The Hall–Kier alpha value is -1.77. The number of anilines is 1. The number of carbonyl (C=O) groups is 1. The Morgan fingerprint density at radius 3 is 2.59 bits per heavy atom. The highest BCUT2D eigenvalue weighted by molar-refractivity contribution is 14.0. The number of likely N-dealkylation sites (tertiary alicyclic amines) is 1. The maximum Gasteiger partial charge on any atom is 0.220 e. The van der Waals surface area contributed by atoms with E-state index in [0.717, 1.165) is 51.5 Å². The molecule has 2 aliphatic rings. The summed E-state index contributed by atoms with van der Waals surface area (Å²) in [6.07, 6.45) is 7.13. The molecule has 6 nitrogen and oxygen atoms in total. The lowest BCUT2D eigenvalue weighted by atomic mass is 9.93. The number of piperidine rings is 1. The molecule has 1 aromatic rings. The Morgan fingerprint density at radius 1 is 1.21 bits per heavy atom. The van der Waals surface area contributed by atoms with E-state index in [1.54, 1.807) is 7.05 Å². The third-order valence-corrected chi connectivity index (χ3v) is 5.51. The Labute approximate surface area is 191 Å². The molecular weight excluding hydrogens is 477 g/mol. The predicted octanol–water partition coefficient (Wildman–Crippen LogP) is 2.99. The van der Waals surface area contributed by atoms with Crippen molar-refractivity contribution in [2.45, 2.75) is 32.7 Å². The fourth-order valence-corrected chi connectivity index (χ4v) is 3.85. The summed E-state index contributed by atoms with van der Waals surface area (Å²) >= 11 is 0. The first-order valence-corrected chi connectivity index (χ1v) is 10.4. The van der Waals surface area contributed by atoms with Gasteiger partial charge in [0, 0.05) is 51.9 Å². The molecule has 2 N–H and O–H groups in total. The second-order valence-corrected chi connectivity index (χ2v) is 7.52. The van der Waals surface area contributed by atoms with E-state index in [2.05, 4.69) is 63.8 Å². The number of benzene rings is 1. The SMILES string of the molecule is CCNC(=NCc1cccc(N2CC=CC2)c1)N1CCC(CC(=O)NC)CC1.I. The number of carbonyl (C=O) groups excluding carboxylic acids is 1. The molecule has 7 heteroatoms. The maximum atomic E-state index is 11.6. The largest absolute Gasteiger partial charge is 0.364 e. The van der Waals surface area contributed by atoms with E-state index in [0.29, 0.717) is 18.9 Å². The molecule has 29 heavy (non-hydrogen) atoms. The molecule has 1 fully saturated rings. The van der Waals surface area contributed by atoms with Gasteiger partial charge >= 0.3 is 0 Å². The quantitative estimate of drug-likeness (QED) is 0.267. The molecule has 0 radical (unpaired) electrons. The van der Waals surface area contributed by atoms with Gasteiger partial charge in [-0.2, -0.15) is 0 Å². The highest BCUT2D eigenvalue weighted by Gasteiger charge is 2.23. The van der Waals surface area contributed by atoms with Crippen LogP contribution in [0.15, 0.2) is 41.4 Å². The van der Waals surface area contributed by atoms with Crippen molar-refractivity contribution >= 4 is 41.5 Å². The summed E-state index contributed by atoms with van der Waals surface area (Å²) in [6.45, 7) is 7.52. The fourth-order valence-electron chi connectivity index (χ4n) is 3.85. The van der Waals surface area contributed by atoms with Crippen LogP contribution in [-0.4, -0.2) is 56.5 Å². The van der Waals surface area contributed by atoms with Gasteiger partial charge in [0.2, 0.25) is 5.91 Å². The van der Waals surface area contributed by atoms with Crippen molar-refractivity contribution in [3.63, 3.8) is 0 Å². The molecule has 3 rings (SSSR count). The Balaban J connectivity index is 0.00000300. The second-order valence-electron chi connectivity index (χ2n) is 7.52. The van der Waals surface area contributed by atoms with E-state index in [1.165, 1.54) is 11.3 Å². The van der Waals surface area contributed by atoms with Gasteiger partial charge in [-0.1, -0.05) is 24.3 Å². The van der Waals surface area contributed by atoms with E-state index in [4.69, 9.17) is 4.99 Å². The topological polar surface area (TPSA) is 60.0 Å². The first kappa shape index (κ1) is 23.5. The van der Waals surface area contributed by atoms with Crippen LogP contribution >= 0.6 is 24.0 Å². The molecule has 0 bridgehead atoms. The van der Waals surface area contributed by atoms with Gasteiger partial charge in [-0.25, -0.2) is 4.99 Å². The van der Waals surface area contributed by atoms with Gasteiger partial charge in [-0.3, -0.25) is 4.79 Å². The molecule has 1 saturated heterocycles. The van der Waals surface area contributed by atoms with Crippen molar-refractivity contribution in [2.24, 2.45) is 10.9 Å². The van der Waals surface area contributed by atoms with Crippen LogP contribution < -0.4 is 15.5 Å². The summed E-state index contributed by atoms with van der Waals surface area (Å²) in [4.78, 5) is 21.2. The van der Waals surface area contributed by atoms with Crippen LogP contribution in [-0.2, 0) is 11.3 Å². The third-order valence-electron chi connectivity index (χ3n) is 5.51. The summed E-state index contributed by atoms with van der Waals surface area (Å²) < 4.78 is 0. The first-order valence-electron chi connectivity index (χ1n) is 10.4. The van der Waals surface area contributed by atoms with Crippen molar-refractivity contribution < 1.29 is 4.79 Å². The second kappa shape index (κ2) is 12.0. The normalized spacial score (nSPS) is 17.2. The first-order chi connectivity index (χ1) is 13.7. The number of hydrogen-bond donors (Lipinski definition) is 2. The van der Waals surface area contributed by atoms with Gasteiger partial charge in [-0.15, -0.1) is 24.0 Å². The zero-order valence-corrected chi connectivity index (χ0v) is 19.9. The lowest BCUT2D eigenvalue weighted by Gasteiger charge is -2.34. The average molecular weight is 511 g/mol. The molecule has 0 saturated carbocycles. The Kier molecular flexibility index (Phi) is 9.76. The zero-order valence-electron chi connectivity index (χ0n) is 17.6. The fraction of sp³-hybridized carbons (Fsp3) is 0.545. The predicted molar refractivity (Wildman–Crippen MR) is 131 cm³/mol. The van der Waals surface area contributed by atoms with Gasteiger partial charge in [0.15, 0.2) is 5.96 Å². The van der Waals surface area contributed by atoms with Crippen molar-refractivity contribution in [3.05, 3.63) is 42.0 Å². The van der Waals surface area contributed by atoms with Crippen LogP contribution in [0.5, 0.6) is 0 Å². The molecule has 1 aromatic carbocycles. The molecule has 2 aliphatic heterocycles. The van der Waals surface area contributed by atoms with Crippen LogP contribution in [0.25, 0.3) is 0 Å². The zero-order chi connectivity index (χ0) is 19.8. The van der Waals surface area contributed by atoms with E-state index >= 15 is 0 Å². The summed E-state index contributed by atoms with van der Waals surface area (Å²) in [7, 11) is 1.71. The highest BCUT2D eigenvalue weighted by atomic mass is 127. The lowest BCUT2D eigenvalue weighted by Crippen LogP contribution is -2.46. The molecule has 0 atom stereocenters. The molecule has 0 aromatic heterocycles. The minimum atomic E-state index is 0.